The first kappa shape index (κ1) is 14.2. The third-order valence-corrected chi connectivity index (χ3v) is 2.94. The maximum Gasteiger partial charge on any atom is 0.141 e. The summed E-state index contributed by atoms with van der Waals surface area (Å²) in [6.07, 6.45) is 6.91. The Kier molecular flexibility index (Phi) is 5.68. The van der Waals surface area contributed by atoms with Crippen molar-refractivity contribution in [3.8, 4) is 18.1 Å². The number of halogens is 2. The van der Waals surface area contributed by atoms with Gasteiger partial charge in [0.05, 0.1) is 11.6 Å². The van der Waals surface area contributed by atoms with Gasteiger partial charge in [0.1, 0.15) is 5.75 Å². The van der Waals surface area contributed by atoms with Gasteiger partial charge in [0.2, 0.25) is 0 Å². The molecule has 0 fully saturated rings. The van der Waals surface area contributed by atoms with Crippen molar-refractivity contribution in [1.29, 1.82) is 0 Å². The van der Waals surface area contributed by atoms with Gasteiger partial charge in [-0.05, 0) is 24.5 Å². The Bertz CT molecular complexity index is 421. The van der Waals surface area contributed by atoms with Gasteiger partial charge in [-0.15, -0.1) is 12.3 Å². The van der Waals surface area contributed by atoms with E-state index in [9.17, 15) is 0 Å². The Morgan fingerprint density at radius 1 is 1.41 bits per heavy atom. The summed E-state index contributed by atoms with van der Waals surface area (Å²) in [4.78, 5) is 0. The molecule has 0 saturated carbocycles. The van der Waals surface area contributed by atoms with E-state index in [0.29, 0.717) is 28.8 Å². The van der Waals surface area contributed by atoms with Gasteiger partial charge < -0.3 is 4.74 Å². The van der Waals surface area contributed by atoms with Crippen molar-refractivity contribution in [2.24, 2.45) is 0 Å². The predicted octanol–water partition coefficient (Wildman–Crippen LogP) is 4.91. The molecule has 0 radical (unpaired) electrons. The molecule has 0 aromatic heterocycles. The fraction of sp³-hybridized carbons (Fsp3) is 0.429. The summed E-state index contributed by atoms with van der Waals surface area (Å²) in [6, 6.07) is 3.57. The second-order valence-corrected chi connectivity index (χ2v) is 4.81. The molecule has 1 atom stereocenters. The van der Waals surface area contributed by atoms with Crippen molar-refractivity contribution in [3.63, 3.8) is 0 Å². The quantitative estimate of drug-likeness (QED) is 0.691. The van der Waals surface area contributed by atoms with Crippen LogP contribution in [-0.4, -0.2) is 6.61 Å². The van der Waals surface area contributed by atoms with E-state index < -0.39 is 0 Å². The molecule has 0 N–H and O–H groups in total. The monoisotopic (exact) mass is 270 g/mol. The average molecular weight is 271 g/mol. The highest BCUT2D eigenvalue weighted by Crippen LogP contribution is 2.37. The number of hydrogen-bond acceptors (Lipinski definition) is 1. The second-order valence-electron chi connectivity index (χ2n) is 3.96. The molecule has 1 aromatic rings. The second kappa shape index (κ2) is 6.79. The van der Waals surface area contributed by atoms with E-state index in [-0.39, 0.29) is 5.92 Å². The smallest absolute Gasteiger partial charge is 0.141 e. The van der Waals surface area contributed by atoms with E-state index in [1.54, 1.807) is 6.07 Å². The van der Waals surface area contributed by atoms with Crippen molar-refractivity contribution in [1.82, 2.24) is 0 Å². The highest BCUT2D eigenvalue weighted by Gasteiger charge is 2.15. The maximum absolute atomic E-state index is 6.15. The molecule has 0 bridgehead atoms. The van der Waals surface area contributed by atoms with Crippen LogP contribution in [0.25, 0.3) is 0 Å². The number of terminal acetylenes is 1. The summed E-state index contributed by atoms with van der Waals surface area (Å²) < 4.78 is 5.68. The van der Waals surface area contributed by atoms with Crippen LogP contribution in [-0.2, 0) is 0 Å². The van der Waals surface area contributed by atoms with Crippen molar-refractivity contribution < 1.29 is 4.74 Å². The van der Waals surface area contributed by atoms with E-state index in [4.69, 9.17) is 34.4 Å². The molecule has 92 valence electrons. The van der Waals surface area contributed by atoms with Crippen LogP contribution in [0.4, 0.5) is 0 Å². The molecule has 0 aliphatic rings. The van der Waals surface area contributed by atoms with Gasteiger partial charge in [-0.2, -0.15) is 0 Å². The van der Waals surface area contributed by atoms with Crippen LogP contribution in [0.2, 0.25) is 10.0 Å². The van der Waals surface area contributed by atoms with Gasteiger partial charge in [0, 0.05) is 17.0 Å². The highest BCUT2D eigenvalue weighted by atomic mass is 35.5. The molecule has 0 heterocycles. The zero-order valence-corrected chi connectivity index (χ0v) is 11.6. The van der Waals surface area contributed by atoms with Gasteiger partial charge in [0.25, 0.3) is 0 Å². The number of ether oxygens (including phenoxy) is 1. The number of benzene rings is 1. The van der Waals surface area contributed by atoms with Crippen molar-refractivity contribution >= 4 is 23.2 Å². The van der Waals surface area contributed by atoms with E-state index in [2.05, 4.69) is 5.92 Å². The Morgan fingerprint density at radius 3 is 2.71 bits per heavy atom. The molecule has 1 rings (SSSR count). The van der Waals surface area contributed by atoms with Crippen LogP contribution in [0, 0.1) is 12.3 Å². The number of rotatable bonds is 5. The largest absolute Gasteiger partial charge is 0.492 e. The van der Waals surface area contributed by atoms with Gasteiger partial charge in [-0.25, -0.2) is 0 Å². The van der Waals surface area contributed by atoms with E-state index in [0.717, 1.165) is 12.0 Å². The van der Waals surface area contributed by atoms with Gasteiger partial charge >= 0.3 is 0 Å². The van der Waals surface area contributed by atoms with Crippen LogP contribution in [0.15, 0.2) is 12.1 Å². The Morgan fingerprint density at radius 2 is 2.12 bits per heavy atom. The first-order valence-electron chi connectivity index (χ1n) is 5.65. The molecule has 17 heavy (non-hydrogen) atoms. The van der Waals surface area contributed by atoms with Crippen LogP contribution in [0.1, 0.15) is 38.2 Å². The normalized spacial score (nSPS) is 11.9. The molecular formula is C14H16Cl2O. The number of hydrogen-bond donors (Lipinski definition) is 0. The summed E-state index contributed by atoms with van der Waals surface area (Å²) in [5.74, 6) is 3.54. The summed E-state index contributed by atoms with van der Waals surface area (Å²) in [5, 5.41) is 1.16. The van der Waals surface area contributed by atoms with Crippen molar-refractivity contribution in [2.45, 2.75) is 32.6 Å². The zero-order chi connectivity index (χ0) is 12.8. The summed E-state index contributed by atoms with van der Waals surface area (Å²) in [6.45, 7) is 4.73. The summed E-state index contributed by atoms with van der Waals surface area (Å²) >= 11 is 12.2. The minimum absolute atomic E-state index is 0.183. The fourth-order valence-electron chi connectivity index (χ4n) is 1.59. The lowest BCUT2D eigenvalue weighted by molar-refractivity contribution is 0.313. The van der Waals surface area contributed by atoms with Crippen molar-refractivity contribution in [2.75, 3.05) is 6.61 Å². The Hall–Kier alpha value is -0.840. The lowest BCUT2D eigenvalue weighted by Gasteiger charge is -2.17. The standard InChI is InChI=1S/C14H16Cl2O/c1-4-6-10(3)12-8-11(15)9-13(16)14(12)17-7-5-2/h1,8-10H,5-7H2,2-3H3. The zero-order valence-electron chi connectivity index (χ0n) is 10.1. The topological polar surface area (TPSA) is 9.23 Å². The van der Waals surface area contributed by atoms with Crippen LogP contribution >= 0.6 is 23.2 Å². The summed E-state index contributed by atoms with van der Waals surface area (Å²) in [7, 11) is 0. The average Bonchev–Trinajstić information content (AvgIpc) is 2.27. The fourth-order valence-corrected chi connectivity index (χ4v) is 2.15. The van der Waals surface area contributed by atoms with Gasteiger partial charge in [-0.1, -0.05) is 37.0 Å². The molecule has 1 nitrogen and oxygen atoms in total. The molecule has 0 saturated heterocycles. The molecule has 0 aliphatic carbocycles. The minimum atomic E-state index is 0.183. The van der Waals surface area contributed by atoms with Gasteiger partial charge in [-0.3, -0.25) is 0 Å². The molecule has 3 heteroatoms. The minimum Gasteiger partial charge on any atom is -0.492 e. The van der Waals surface area contributed by atoms with Gasteiger partial charge in [0.15, 0.2) is 0 Å². The third kappa shape index (κ3) is 3.84. The van der Waals surface area contributed by atoms with E-state index in [1.165, 1.54) is 0 Å². The molecule has 0 spiro atoms. The van der Waals surface area contributed by atoms with Crippen LogP contribution in [0.5, 0.6) is 5.75 Å². The lowest BCUT2D eigenvalue weighted by atomic mass is 9.97. The van der Waals surface area contributed by atoms with Crippen LogP contribution < -0.4 is 4.74 Å². The van der Waals surface area contributed by atoms with E-state index >= 15 is 0 Å². The molecular weight excluding hydrogens is 255 g/mol. The Labute approximate surface area is 113 Å². The van der Waals surface area contributed by atoms with Crippen molar-refractivity contribution in [3.05, 3.63) is 27.7 Å². The first-order chi connectivity index (χ1) is 8.10. The Balaban J connectivity index is 3.11. The lowest BCUT2D eigenvalue weighted by Crippen LogP contribution is -2.02. The summed E-state index contributed by atoms with van der Waals surface area (Å²) in [5.41, 5.74) is 0.980. The van der Waals surface area contributed by atoms with E-state index in [1.807, 2.05) is 19.9 Å². The third-order valence-electron chi connectivity index (χ3n) is 2.44. The van der Waals surface area contributed by atoms with Crippen LogP contribution in [0.3, 0.4) is 0 Å². The molecule has 0 aliphatic heterocycles. The predicted molar refractivity (Wildman–Crippen MR) is 74.1 cm³/mol. The molecule has 1 unspecified atom stereocenters. The SMILES string of the molecule is C#CCC(C)c1cc(Cl)cc(Cl)c1OCCC. The first-order valence-corrected chi connectivity index (χ1v) is 6.41. The molecule has 1 aromatic carbocycles. The highest BCUT2D eigenvalue weighted by molar-refractivity contribution is 6.35. The molecule has 0 amide bonds. The maximum atomic E-state index is 6.15.